The number of carbonyl (C=O) groups is 1. The van der Waals surface area contributed by atoms with Crippen molar-refractivity contribution < 1.29 is 4.79 Å². The number of fused-ring (bicyclic) bond motifs is 2. The Labute approximate surface area is 164 Å². The molecule has 0 N–H and O–H groups in total. The third kappa shape index (κ3) is 2.44. The maximum absolute atomic E-state index is 13.3. The summed E-state index contributed by atoms with van der Waals surface area (Å²) >= 11 is 5.23. The van der Waals surface area contributed by atoms with Crippen molar-refractivity contribution in [2.45, 2.75) is 44.6 Å². The fourth-order valence-electron chi connectivity index (χ4n) is 3.86. The van der Waals surface area contributed by atoms with Gasteiger partial charge in [-0.15, -0.1) is 11.3 Å². The molecule has 0 saturated heterocycles. The minimum Gasteiger partial charge on any atom is -0.330 e. The predicted octanol–water partition coefficient (Wildman–Crippen LogP) is 4.36. The molecule has 1 fully saturated rings. The summed E-state index contributed by atoms with van der Waals surface area (Å²) in [5.41, 5.74) is 3.70. The molecule has 134 valence electrons. The van der Waals surface area contributed by atoms with Gasteiger partial charge in [0.15, 0.2) is 5.65 Å². The van der Waals surface area contributed by atoms with Crippen LogP contribution in [0.2, 0.25) is 0 Å². The van der Waals surface area contributed by atoms with Crippen LogP contribution < -0.4 is 0 Å². The lowest BCUT2D eigenvalue weighted by atomic mass is 10.00. The molecular weight excluding hydrogens is 412 g/mol. The maximum atomic E-state index is 13.3. The van der Waals surface area contributed by atoms with Gasteiger partial charge in [-0.2, -0.15) is 5.10 Å². The van der Waals surface area contributed by atoms with E-state index in [-0.39, 0.29) is 17.4 Å². The summed E-state index contributed by atoms with van der Waals surface area (Å²) < 4.78 is 2.62. The van der Waals surface area contributed by atoms with Gasteiger partial charge in [0.2, 0.25) is 0 Å². The lowest BCUT2D eigenvalue weighted by molar-refractivity contribution is 0.0673. The molecule has 7 heteroatoms. The van der Waals surface area contributed by atoms with Gasteiger partial charge >= 0.3 is 0 Å². The minimum atomic E-state index is 0.0136. The van der Waals surface area contributed by atoms with E-state index in [2.05, 4.69) is 51.3 Å². The smallest absolute Gasteiger partial charge is 0.273 e. The van der Waals surface area contributed by atoms with E-state index in [4.69, 9.17) is 0 Å². The molecule has 0 bridgehead atoms. The molecule has 0 unspecified atom stereocenters. The molecule has 3 aromatic heterocycles. The minimum absolute atomic E-state index is 0.0136. The molecule has 5 rings (SSSR count). The molecule has 1 atom stereocenters. The van der Waals surface area contributed by atoms with Crippen LogP contribution in [0.4, 0.5) is 0 Å². The molecule has 0 spiro atoms. The van der Waals surface area contributed by atoms with Crippen molar-refractivity contribution in [3.8, 4) is 0 Å². The molecule has 0 aromatic carbocycles. The zero-order valence-electron chi connectivity index (χ0n) is 14.7. The Morgan fingerprint density at radius 3 is 2.96 bits per heavy atom. The zero-order chi connectivity index (χ0) is 18.1. The normalized spacial score (nSPS) is 21.0. The maximum Gasteiger partial charge on any atom is 0.273 e. The highest BCUT2D eigenvalue weighted by atomic mass is 79.9. The van der Waals surface area contributed by atoms with E-state index < -0.39 is 0 Å². The molecule has 1 aliphatic carbocycles. The van der Waals surface area contributed by atoms with E-state index in [1.807, 2.05) is 21.5 Å². The monoisotopic (exact) mass is 430 g/mol. The summed E-state index contributed by atoms with van der Waals surface area (Å²) in [6.45, 7) is 5.09. The van der Waals surface area contributed by atoms with Crippen molar-refractivity contribution in [1.82, 2.24) is 19.5 Å². The number of nitrogens with zero attached hydrogens (tertiary/aromatic N) is 4. The van der Waals surface area contributed by atoms with E-state index in [0.29, 0.717) is 5.69 Å². The summed E-state index contributed by atoms with van der Waals surface area (Å²) in [7, 11) is 0. The molecule has 26 heavy (non-hydrogen) atoms. The SMILES string of the molecule is C[C@@H]1c2ccsc2CCN1C(=O)c1cc(C2(C)CC2)n2nc(Br)cc2n1. The van der Waals surface area contributed by atoms with Crippen LogP contribution in [0.3, 0.4) is 0 Å². The first-order valence-corrected chi connectivity index (χ1v) is 10.6. The first-order chi connectivity index (χ1) is 12.5. The fraction of sp³-hybridized carbons (Fsp3) is 0.421. The Hall–Kier alpha value is -1.73. The molecule has 2 aliphatic rings. The van der Waals surface area contributed by atoms with Gasteiger partial charge in [-0.25, -0.2) is 9.50 Å². The van der Waals surface area contributed by atoms with E-state index in [1.165, 1.54) is 10.4 Å². The van der Waals surface area contributed by atoms with Crippen molar-refractivity contribution in [1.29, 1.82) is 0 Å². The van der Waals surface area contributed by atoms with Crippen LogP contribution in [-0.2, 0) is 11.8 Å². The summed E-state index contributed by atoms with van der Waals surface area (Å²) in [5, 5.41) is 6.64. The quantitative estimate of drug-likeness (QED) is 0.606. The third-order valence-corrected chi connectivity index (χ3v) is 7.16. The van der Waals surface area contributed by atoms with E-state index in [1.54, 1.807) is 11.3 Å². The molecule has 4 heterocycles. The van der Waals surface area contributed by atoms with Crippen molar-refractivity contribution in [2.24, 2.45) is 0 Å². The van der Waals surface area contributed by atoms with Gasteiger partial charge in [-0.05, 0) is 65.2 Å². The molecule has 1 amide bonds. The van der Waals surface area contributed by atoms with Crippen LogP contribution >= 0.6 is 27.3 Å². The highest BCUT2D eigenvalue weighted by molar-refractivity contribution is 9.10. The van der Waals surface area contributed by atoms with Gasteiger partial charge < -0.3 is 4.90 Å². The lowest BCUT2D eigenvalue weighted by Gasteiger charge is -2.33. The van der Waals surface area contributed by atoms with Crippen LogP contribution in [-0.4, -0.2) is 31.9 Å². The number of hydrogen-bond acceptors (Lipinski definition) is 4. The standard InChI is InChI=1S/C19H19BrN4OS/c1-11-12-4-8-26-14(12)3-7-23(11)18(25)13-9-15(19(2)5-6-19)24-17(21-13)10-16(20)22-24/h4,8-11H,3,5-7H2,1-2H3/t11-/m1/s1. The first kappa shape index (κ1) is 16.4. The van der Waals surface area contributed by atoms with Gasteiger partial charge in [-0.3, -0.25) is 4.79 Å². The lowest BCUT2D eigenvalue weighted by Crippen LogP contribution is -2.38. The second kappa shape index (κ2) is 5.63. The summed E-state index contributed by atoms with van der Waals surface area (Å²) in [5.74, 6) is 0.0136. The van der Waals surface area contributed by atoms with E-state index >= 15 is 0 Å². The topological polar surface area (TPSA) is 50.5 Å². The van der Waals surface area contributed by atoms with E-state index in [9.17, 15) is 4.79 Å². The molecular formula is C19H19BrN4OS. The largest absolute Gasteiger partial charge is 0.330 e. The van der Waals surface area contributed by atoms with Gasteiger partial charge in [0.25, 0.3) is 5.91 Å². The number of carbonyl (C=O) groups excluding carboxylic acids is 1. The van der Waals surface area contributed by atoms with Crippen LogP contribution in [0.15, 0.2) is 28.2 Å². The number of rotatable bonds is 2. The number of amides is 1. The second-order valence-electron chi connectivity index (χ2n) is 7.55. The molecule has 3 aromatic rings. The Kier molecular flexibility index (Phi) is 3.56. The first-order valence-electron chi connectivity index (χ1n) is 8.90. The zero-order valence-corrected chi connectivity index (χ0v) is 17.1. The number of hydrogen-bond donors (Lipinski definition) is 0. The third-order valence-electron chi connectivity index (χ3n) is 5.77. The summed E-state index contributed by atoms with van der Waals surface area (Å²) in [6, 6.07) is 6.07. The van der Waals surface area contributed by atoms with Crippen LogP contribution in [0.25, 0.3) is 5.65 Å². The Balaban J connectivity index is 1.58. The van der Waals surface area contributed by atoms with Crippen LogP contribution in [0, 0.1) is 0 Å². The molecule has 1 saturated carbocycles. The van der Waals surface area contributed by atoms with Crippen LogP contribution in [0.1, 0.15) is 59.4 Å². The predicted molar refractivity (Wildman–Crippen MR) is 105 cm³/mol. The van der Waals surface area contributed by atoms with Crippen LogP contribution in [0.5, 0.6) is 0 Å². The molecule has 5 nitrogen and oxygen atoms in total. The van der Waals surface area contributed by atoms with Crippen molar-refractivity contribution >= 4 is 38.8 Å². The second-order valence-corrected chi connectivity index (χ2v) is 9.36. The number of halogens is 1. The highest BCUT2D eigenvalue weighted by Crippen LogP contribution is 2.47. The molecule has 0 radical (unpaired) electrons. The Morgan fingerprint density at radius 1 is 1.38 bits per heavy atom. The van der Waals surface area contributed by atoms with Crippen molar-refractivity contribution in [3.63, 3.8) is 0 Å². The average Bonchev–Trinajstić information content (AvgIpc) is 3.04. The Morgan fingerprint density at radius 2 is 2.19 bits per heavy atom. The summed E-state index contributed by atoms with van der Waals surface area (Å²) in [4.78, 5) is 21.3. The fourth-order valence-corrected chi connectivity index (χ4v) is 5.19. The summed E-state index contributed by atoms with van der Waals surface area (Å²) in [6.07, 6.45) is 3.17. The van der Waals surface area contributed by atoms with Gasteiger partial charge in [0.1, 0.15) is 10.3 Å². The molecule has 1 aliphatic heterocycles. The van der Waals surface area contributed by atoms with E-state index in [0.717, 1.165) is 41.8 Å². The number of aromatic nitrogens is 3. The van der Waals surface area contributed by atoms with Gasteiger partial charge in [0.05, 0.1) is 11.7 Å². The number of thiophene rings is 1. The highest BCUT2D eigenvalue weighted by Gasteiger charge is 2.42. The van der Waals surface area contributed by atoms with Gasteiger partial charge in [0, 0.05) is 22.9 Å². The Bertz CT molecular complexity index is 1040. The van der Waals surface area contributed by atoms with Crippen molar-refractivity contribution in [3.05, 3.63) is 50.0 Å². The van der Waals surface area contributed by atoms with Gasteiger partial charge in [-0.1, -0.05) is 6.92 Å². The average molecular weight is 431 g/mol. The van der Waals surface area contributed by atoms with Crippen molar-refractivity contribution in [2.75, 3.05) is 6.54 Å².